The molecule has 0 spiro atoms. The lowest BCUT2D eigenvalue weighted by molar-refractivity contribution is 0.608. The van der Waals surface area contributed by atoms with Crippen LogP contribution in [0.25, 0.3) is 0 Å². The monoisotopic (exact) mass is 278 g/mol. The summed E-state index contributed by atoms with van der Waals surface area (Å²) in [4.78, 5) is 0. The van der Waals surface area contributed by atoms with Crippen molar-refractivity contribution in [2.75, 3.05) is 0 Å². The van der Waals surface area contributed by atoms with Crippen LogP contribution in [0.2, 0.25) is 0 Å². The van der Waals surface area contributed by atoms with Crippen molar-refractivity contribution < 1.29 is 0 Å². The fourth-order valence-electron chi connectivity index (χ4n) is 2.50. The Bertz CT molecular complexity index is 224. The van der Waals surface area contributed by atoms with E-state index in [0.29, 0.717) is 0 Å². The smallest absolute Gasteiger partial charge is 0.0326 e. The van der Waals surface area contributed by atoms with Gasteiger partial charge in [0, 0.05) is 0 Å². The number of hydrogen-bond acceptors (Lipinski definition) is 0. The zero-order chi connectivity index (χ0) is 14.9. The molecule has 0 N–H and O–H groups in total. The summed E-state index contributed by atoms with van der Waals surface area (Å²) in [6.07, 6.45) is 24.0. The molecule has 0 radical (unpaired) electrons. The molecule has 0 aromatic heterocycles. The van der Waals surface area contributed by atoms with Gasteiger partial charge in [-0.2, -0.15) is 0 Å². The van der Waals surface area contributed by atoms with Gasteiger partial charge in [0.1, 0.15) is 0 Å². The molecular formula is C20H38. The summed E-state index contributed by atoms with van der Waals surface area (Å²) < 4.78 is 0. The van der Waals surface area contributed by atoms with Gasteiger partial charge in [0.25, 0.3) is 0 Å². The Morgan fingerprint density at radius 3 is 1.65 bits per heavy atom. The molecule has 0 nitrogen and oxygen atoms in total. The minimum Gasteiger partial charge on any atom is -0.100 e. The minimum absolute atomic E-state index is 1.22. The van der Waals surface area contributed by atoms with Crippen molar-refractivity contribution in [2.24, 2.45) is 0 Å². The van der Waals surface area contributed by atoms with Gasteiger partial charge in [0.2, 0.25) is 0 Å². The average Bonchev–Trinajstić information content (AvgIpc) is 2.43. The Balaban J connectivity index is 3.07. The second-order valence-corrected chi connectivity index (χ2v) is 6.29. The van der Waals surface area contributed by atoms with E-state index in [1.54, 1.807) is 0 Å². The van der Waals surface area contributed by atoms with Crippen LogP contribution in [-0.2, 0) is 0 Å². The fraction of sp³-hybridized carbons (Fsp3) is 0.800. The molecule has 0 saturated heterocycles. The molecule has 0 rings (SSSR count). The SMILES string of the molecule is C=C(C)CCCCCCCC=CCCCCCCCC. The van der Waals surface area contributed by atoms with E-state index in [1.807, 2.05) is 0 Å². The quantitative estimate of drug-likeness (QED) is 0.214. The van der Waals surface area contributed by atoms with Crippen molar-refractivity contribution in [3.8, 4) is 0 Å². The van der Waals surface area contributed by atoms with Crippen molar-refractivity contribution in [1.29, 1.82) is 0 Å². The Kier molecular flexibility index (Phi) is 16.1. The maximum absolute atomic E-state index is 3.95. The molecule has 0 unspecified atom stereocenters. The molecule has 0 bridgehead atoms. The second-order valence-electron chi connectivity index (χ2n) is 6.29. The highest BCUT2D eigenvalue weighted by atomic mass is 14.0. The van der Waals surface area contributed by atoms with Crippen LogP contribution < -0.4 is 0 Å². The zero-order valence-electron chi connectivity index (χ0n) is 14.3. The Morgan fingerprint density at radius 1 is 0.700 bits per heavy atom. The Labute approximate surface area is 128 Å². The molecular weight excluding hydrogens is 240 g/mol. The lowest BCUT2D eigenvalue weighted by Crippen LogP contribution is -1.80. The van der Waals surface area contributed by atoms with Crippen LogP contribution in [0.1, 0.15) is 104 Å². The molecule has 0 heterocycles. The highest BCUT2D eigenvalue weighted by Gasteiger charge is 1.91. The predicted molar refractivity (Wildman–Crippen MR) is 94.3 cm³/mol. The van der Waals surface area contributed by atoms with Gasteiger partial charge in [-0.15, -0.1) is 6.58 Å². The number of hydrogen-bond donors (Lipinski definition) is 0. The summed E-state index contributed by atoms with van der Waals surface area (Å²) >= 11 is 0. The molecule has 0 amide bonds. The summed E-state index contributed by atoms with van der Waals surface area (Å²) in [6.45, 7) is 8.36. The lowest BCUT2D eigenvalue weighted by Gasteiger charge is -2.00. The van der Waals surface area contributed by atoms with Crippen molar-refractivity contribution >= 4 is 0 Å². The molecule has 0 fully saturated rings. The molecule has 20 heavy (non-hydrogen) atoms. The van der Waals surface area contributed by atoms with Crippen LogP contribution >= 0.6 is 0 Å². The van der Waals surface area contributed by atoms with Crippen molar-refractivity contribution in [1.82, 2.24) is 0 Å². The molecule has 0 atom stereocenters. The van der Waals surface area contributed by atoms with Gasteiger partial charge in [-0.25, -0.2) is 0 Å². The maximum atomic E-state index is 3.95. The van der Waals surface area contributed by atoms with E-state index in [-0.39, 0.29) is 0 Å². The van der Waals surface area contributed by atoms with Crippen LogP contribution in [0, 0.1) is 0 Å². The minimum atomic E-state index is 1.22. The molecule has 0 aliphatic heterocycles. The van der Waals surface area contributed by atoms with E-state index in [2.05, 4.69) is 32.6 Å². The lowest BCUT2D eigenvalue weighted by atomic mass is 10.1. The van der Waals surface area contributed by atoms with Gasteiger partial charge >= 0.3 is 0 Å². The number of allylic oxidation sites excluding steroid dienone is 3. The highest BCUT2D eigenvalue weighted by molar-refractivity contribution is 4.87. The molecule has 0 heteroatoms. The van der Waals surface area contributed by atoms with Gasteiger partial charge in [0.15, 0.2) is 0 Å². The van der Waals surface area contributed by atoms with E-state index in [0.717, 1.165) is 0 Å². The molecule has 0 aliphatic rings. The molecule has 0 saturated carbocycles. The topological polar surface area (TPSA) is 0 Å². The van der Waals surface area contributed by atoms with E-state index < -0.39 is 0 Å². The Morgan fingerprint density at radius 2 is 1.15 bits per heavy atom. The first kappa shape index (κ1) is 19.5. The van der Waals surface area contributed by atoms with Crippen molar-refractivity contribution in [2.45, 2.75) is 104 Å². The molecule has 0 aromatic rings. The normalized spacial score (nSPS) is 11.3. The van der Waals surface area contributed by atoms with Crippen LogP contribution in [0.5, 0.6) is 0 Å². The molecule has 0 aliphatic carbocycles. The van der Waals surface area contributed by atoms with Crippen LogP contribution in [0.15, 0.2) is 24.3 Å². The third kappa shape index (κ3) is 17.5. The average molecular weight is 279 g/mol. The number of unbranched alkanes of at least 4 members (excludes halogenated alkanes) is 11. The van der Waals surface area contributed by atoms with E-state index in [9.17, 15) is 0 Å². The first-order chi connectivity index (χ1) is 9.77. The first-order valence-corrected chi connectivity index (χ1v) is 9.06. The molecule has 0 aromatic carbocycles. The van der Waals surface area contributed by atoms with E-state index in [1.165, 1.54) is 95.5 Å². The van der Waals surface area contributed by atoms with E-state index >= 15 is 0 Å². The summed E-state index contributed by atoms with van der Waals surface area (Å²) in [5.41, 5.74) is 1.34. The number of rotatable bonds is 15. The van der Waals surface area contributed by atoms with Gasteiger partial charge in [-0.3, -0.25) is 0 Å². The van der Waals surface area contributed by atoms with Crippen molar-refractivity contribution in [3.05, 3.63) is 24.3 Å². The third-order valence-corrected chi connectivity index (χ3v) is 3.87. The maximum Gasteiger partial charge on any atom is -0.0326 e. The molecule has 118 valence electrons. The summed E-state index contributed by atoms with van der Waals surface area (Å²) in [5, 5.41) is 0. The first-order valence-electron chi connectivity index (χ1n) is 9.06. The standard InChI is InChI=1S/C20H38/c1-4-5-6-7-8-9-10-11-12-13-14-15-16-17-18-19-20(2)3/h11-12H,2,4-10,13-19H2,1,3H3. The zero-order valence-corrected chi connectivity index (χ0v) is 14.3. The van der Waals surface area contributed by atoms with Crippen LogP contribution in [0.3, 0.4) is 0 Å². The van der Waals surface area contributed by atoms with Crippen molar-refractivity contribution in [3.63, 3.8) is 0 Å². The van der Waals surface area contributed by atoms with Crippen LogP contribution in [-0.4, -0.2) is 0 Å². The Hall–Kier alpha value is -0.520. The fourth-order valence-corrected chi connectivity index (χ4v) is 2.50. The van der Waals surface area contributed by atoms with Gasteiger partial charge < -0.3 is 0 Å². The van der Waals surface area contributed by atoms with Gasteiger partial charge in [-0.1, -0.05) is 76.0 Å². The second kappa shape index (κ2) is 16.5. The highest BCUT2D eigenvalue weighted by Crippen LogP contribution is 2.11. The summed E-state index contributed by atoms with van der Waals surface area (Å²) in [6, 6.07) is 0. The van der Waals surface area contributed by atoms with Gasteiger partial charge in [-0.05, 0) is 45.4 Å². The largest absolute Gasteiger partial charge is 0.100 e. The predicted octanol–water partition coefficient (Wildman–Crippen LogP) is 7.60. The third-order valence-electron chi connectivity index (χ3n) is 3.87. The van der Waals surface area contributed by atoms with Crippen LogP contribution in [0.4, 0.5) is 0 Å². The summed E-state index contributed by atoms with van der Waals surface area (Å²) in [5.74, 6) is 0. The van der Waals surface area contributed by atoms with Gasteiger partial charge in [0.05, 0.1) is 0 Å². The summed E-state index contributed by atoms with van der Waals surface area (Å²) in [7, 11) is 0. The van der Waals surface area contributed by atoms with E-state index in [4.69, 9.17) is 0 Å².